The Hall–Kier alpha value is -1.59. The minimum absolute atomic E-state index is 0.0923. The first-order valence-electron chi connectivity index (χ1n) is 3.54. The Balaban J connectivity index is 2.87. The van der Waals surface area contributed by atoms with Crippen LogP contribution in [0.3, 0.4) is 0 Å². The lowest BCUT2D eigenvalue weighted by Gasteiger charge is -2.07. The van der Waals surface area contributed by atoms with Crippen LogP contribution in [0.25, 0.3) is 0 Å². The van der Waals surface area contributed by atoms with Crippen molar-refractivity contribution in [1.29, 1.82) is 0 Å². The summed E-state index contributed by atoms with van der Waals surface area (Å²) < 4.78 is 1.25. The molecule has 1 heterocycles. The summed E-state index contributed by atoms with van der Waals surface area (Å²) >= 11 is 0. The van der Waals surface area contributed by atoms with Gasteiger partial charge in [0.1, 0.15) is 6.33 Å². The van der Waals surface area contributed by atoms with Crippen LogP contribution in [0, 0.1) is 0 Å². The van der Waals surface area contributed by atoms with Crippen molar-refractivity contribution >= 4 is 11.9 Å². The molecule has 1 aromatic rings. The number of hydrogen-bond acceptors (Lipinski definition) is 4. The van der Waals surface area contributed by atoms with Gasteiger partial charge in [0.2, 0.25) is 5.95 Å². The van der Waals surface area contributed by atoms with Crippen LogP contribution in [0.4, 0.5) is 5.95 Å². The third-order valence-corrected chi connectivity index (χ3v) is 1.52. The van der Waals surface area contributed by atoms with Crippen LogP contribution < -0.4 is 5.73 Å². The van der Waals surface area contributed by atoms with Crippen molar-refractivity contribution in [2.24, 2.45) is 0 Å². The van der Waals surface area contributed by atoms with Crippen LogP contribution in [0.2, 0.25) is 0 Å². The highest BCUT2D eigenvalue weighted by molar-refractivity contribution is 5.71. The molecular weight excluding hydrogens is 160 g/mol. The Kier molecular flexibility index (Phi) is 2.27. The number of carbonyl (C=O) groups is 1. The maximum Gasteiger partial charge on any atom is 0.328 e. The monoisotopic (exact) mass is 170 g/mol. The van der Waals surface area contributed by atoms with Crippen molar-refractivity contribution in [2.75, 3.05) is 5.73 Å². The number of carboxylic acid groups (broad SMARTS) is 1. The first-order chi connectivity index (χ1) is 5.65. The van der Waals surface area contributed by atoms with Gasteiger partial charge in [0, 0.05) is 0 Å². The van der Waals surface area contributed by atoms with Crippen molar-refractivity contribution in [3.05, 3.63) is 6.33 Å². The maximum absolute atomic E-state index is 10.6. The highest BCUT2D eigenvalue weighted by Gasteiger charge is 2.17. The summed E-state index contributed by atoms with van der Waals surface area (Å²) in [4.78, 5) is 14.2. The maximum atomic E-state index is 10.6. The zero-order valence-corrected chi connectivity index (χ0v) is 6.64. The van der Waals surface area contributed by atoms with Gasteiger partial charge in [0.05, 0.1) is 0 Å². The molecule has 0 bridgehead atoms. The molecule has 1 atom stereocenters. The Bertz CT molecular complexity index is 283. The number of hydrogen-bond donors (Lipinski definition) is 2. The topological polar surface area (TPSA) is 94.0 Å². The Labute approximate surface area is 69.0 Å². The normalized spacial score (nSPS) is 12.8. The van der Waals surface area contributed by atoms with Gasteiger partial charge in [-0.3, -0.25) is 0 Å². The van der Waals surface area contributed by atoms with Crippen LogP contribution in [0.15, 0.2) is 6.33 Å². The lowest BCUT2D eigenvalue weighted by molar-refractivity contribution is -0.141. The molecule has 0 aliphatic heterocycles. The fourth-order valence-corrected chi connectivity index (χ4v) is 0.913. The second-order valence-electron chi connectivity index (χ2n) is 2.35. The average molecular weight is 170 g/mol. The first kappa shape index (κ1) is 8.51. The van der Waals surface area contributed by atoms with Gasteiger partial charge >= 0.3 is 5.97 Å². The zero-order chi connectivity index (χ0) is 9.14. The minimum atomic E-state index is -0.928. The second-order valence-corrected chi connectivity index (χ2v) is 2.35. The number of rotatable bonds is 3. The summed E-state index contributed by atoms with van der Waals surface area (Å²) in [5.74, 6) is -0.836. The van der Waals surface area contributed by atoms with E-state index in [1.165, 1.54) is 11.0 Å². The van der Waals surface area contributed by atoms with Gasteiger partial charge in [0.25, 0.3) is 0 Å². The highest BCUT2D eigenvalue weighted by Crippen LogP contribution is 2.09. The van der Waals surface area contributed by atoms with Crippen molar-refractivity contribution in [3.8, 4) is 0 Å². The fraction of sp³-hybridized carbons (Fsp3) is 0.500. The van der Waals surface area contributed by atoms with Crippen LogP contribution in [-0.4, -0.2) is 25.8 Å². The first-order valence-corrected chi connectivity index (χ1v) is 3.54. The molecule has 0 saturated heterocycles. The fourth-order valence-electron chi connectivity index (χ4n) is 0.913. The lowest BCUT2D eigenvalue weighted by Crippen LogP contribution is -2.18. The van der Waals surface area contributed by atoms with Crippen LogP contribution in [0.1, 0.15) is 19.4 Å². The molecule has 0 aliphatic rings. The third-order valence-electron chi connectivity index (χ3n) is 1.52. The van der Waals surface area contributed by atoms with Gasteiger partial charge in [-0.15, -0.1) is 5.10 Å². The Morgan fingerprint density at radius 3 is 2.92 bits per heavy atom. The molecule has 66 valence electrons. The van der Waals surface area contributed by atoms with E-state index in [2.05, 4.69) is 10.1 Å². The standard InChI is InChI=1S/C6H10N4O2/c1-2-4(5(11)12)10-3-8-6(7)9-10/h3-4H,2H2,1H3,(H2,7,9)(H,11,12). The number of aromatic nitrogens is 3. The van der Waals surface area contributed by atoms with Crippen molar-refractivity contribution < 1.29 is 9.90 Å². The molecular formula is C6H10N4O2. The van der Waals surface area contributed by atoms with Gasteiger partial charge in [-0.2, -0.15) is 0 Å². The van der Waals surface area contributed by atoms with Crippen LogP contribution in [-0.2, 0) is 4.79 Å². The van der Waals surface area contributed by atoms with E-state index in [1.54, 1.807) is 6.92 Å². The average Bonchev–Trinajstić information content (AvgIpc) is 2.37. The summed E-state index contributed by atoms with van der Waals surface area (Å²) in [7, 11) is 0. The van der Waals surface area contributed by atoms with Gasteiger partial charge < -0.3 is 10.8 Å². The van der Waals surface area contributed by atoms with E-state index in [0.717, 1.165) is 0 Å². The number of nitrogen functional groups attached to an aromatic ring is 1. The molecule has 0 aromatic carbocycles. The highest BCUT2D eigenvalue weighted by atomic mass is 16.4. The van der Waals surface area contributed by atoms with Crippen molar-refractivity contribution in [2.45, 2.75) is 19.4 Å². The lowest BCUT2D eigenvalue weighted by atomic mass is 10.2. The molecule has 0 fully saturated rings. The number of aliphatic carboxylic acids is 1. The Morgan fingerprint density at radius 1 is 1.92 bits per heavy atom. The van der Waals surface area contributed by atoms with Gasteiger partial charge in [-0.1, -0.05) is 6.92 Å². The molecule has 6 heteroatoms. The summed E-state index contributed by atoms with van der Waals surface area (Å²) in [5, 5.41) is 12.4. The number of nitrogens with two attached hydrogens (primary N) is 1. The summed E-state index contributed by atoms with van der Waals surface area (Å²) in [6, 6.07) is -0.671. The molecule has 6 nitrogen and oxygen atoms in total. The van der Waals surface area contributed by atoms with Gasteiger partial charge in [-0.25, -0.2) is 14.5 Å². The van der Waals surface area contributed by atoms with E-state index in [1.807, 2.05) is 0 Å². The van der Waals surface area contributed by atoms with Crippen LogP contribution >= 0.6 is 0 Å². The number of anilines is 1. The Morgan fingerprint density at radius 2 is 2.58 bits per heavy atom. The summed E-state index contributed by atoms with van der Waals surface area (Å²) in [6.45, 7) is 1.76. The summed E-state index contributed by atoms with van der Waals surface area (Å²) in [6.07, 6.45) is 1.77. The molecule has 1 rings (SSSR count). The van der Waals surface area contributed by atoms with E-state index >= 15 is 0 Å². The van der Waals surface area contributed by atoms with E-state index in [0.29, 0.717) is 6.42 Å². The van der Waals surface area contributed by atoms with Gasteiger partial charge in [0.15, 0.2) is 6.04 Å². The SMILES string of the molecule is CCC(C(=O)O)n1cnc(N)n1. The van der Waals surface area contributed by atoms with Crippen molar-refractivity contribution in [3.63, 3.8) is 0 Å². The number of carboxylic acids is 1. The predicted octanol–water partition coefficient (Wildman–Crippen LogP) is -0.104. The van der Waals surface area contributed by atoms with Crippen molar-refractivity contribution in [1.82, 2.24) is 14.8 Å². The smallest absolute Gasteiger partial charge is 0.328 e. The second kappa shape index (κ2) is 3.21. The molecule has 0 amide bonds. The molecule has 1 aromatic heterocycles. The zero-order valence-electron chi connectivity index (χ0n) is 6.64. The molecule has 0 spiro atoms. The summed E-state index contributed by atoms with van der Waals surface area (Å²) in [5.41, 5.74) is 5.24. The van der Waals surface area contributed by atoms with E-state index in [-0.39, 0.29) is 5.95 Å². The minimum Gasteiger partial charge on any atom is -0.480 e. The molecule has 12 heavy (non-hydrogen) atoms. The molecule has 0 aliphatic carbocycles. The molecule has 0 saturated carbocycles. The molecule has 1 unspecified atom stereocenters. The van der Waals surface area contributed by atoms with E-state index in [9.17, 15) is 4.79 Å². The van der Waals surface area contributed by atoms with Gasteiger partial charge in [-0.05, 0) is 6.42 Å². The van der Waals surface area contributed by atoms with E-state index in [4.69, 9.17) is 10.8 Å². The molecule has 0 radical (unpaired) electrons. The molecule has 3 N–H and O–H groups in total. The quantitative estimate of drug-likeness (QED) is 0.660. The third kappa shape index (κ3) is 1.52. The predicted molar refractivity (Wildman–Crippen MR) is 41.4 cm³/mol. The largest absolute Gasteiger partial charge is 0.480 e. The van der Waals surface area contributed by atoms with E-state index < -0.39 is 12.0 Å². The number of nitrogens with zero attached hydrogens (tertiary/aromatic N) is 3. The van der Waals surface area contributed by atoms with Crippen LogP contribution in [0.5, 0.6) is 0 Å².